The van der Waals surface area contributed by atoms with Gasteiger partial charge in [0.05, 0.1) is 0 Å². The van der Waals surface area contributed by atoms with Crippen LogP contribution in [0.4, 0.5) is 0 Å². The fraction of sp³-hybridized carbons (Fsp3) is 0.800. The molecule has 0 saturated heterocycles. The number of ether oxygens (including phenoxy) is 2. The molecule has 0 aliphatic carbocycles. The van der Waals surface area contributed by atoms with Gasteiger partial charge in [-0.3, -0.25) is 0 Å². The summed E-state index contributed by atoms with van der Waals surface area (Å²) in [5.41, 5.74) is 0.146. The van der Waals surface area contributed by atoms with E-state index in [2.05, 4.69) is 20.8 Å². The van der Waals surface area contributed by atoms with E-state index >= 15 is 0 Å². The van der Waals surface area contributed by atoms with Crippen molar-refractivity contribution in [1.82, 2.24) is 0 Å². The summed E-state index contributed by atoms with van der Waals surface area (Å²) < 4.78 is 10.8. The van der Waals surface area contributed by atoms with Crippen molar-refractivity contribution in [3.05, 3.63) is 12.0 Å². The van der Waals surface area contributed by atoms with E-state index in [9.17, 15) is 0 Å². The predicted octanol–water partition coefficient (Wildman–Crippen LogP) is 2.02. The minimum absolute atomic E-state index is 0.0975. The Morgan fingerprint density at radius 3 is 2.46 bits per heavy atom. The Morgan fingerprint density at radius 1 is 1.46 bits per heavy atom. The number of rotatable bonds is 2. The molecule has 0 aromatic rings. The molecular weight excluding hydrogens is 168 g/mol. The Bertz CT molecular complexity index is 215. The van der Waals surface area contributed by atoms with Crippen molar-refractivity contribution in [2.24, 2.45) is 5.41 Å². The standard InChI is InChI=1S/C10H18O3/c1-9(2,3)7-10(4)12-6-8(5-11)13-10/h6,11H,5,7H2,1-4H3. The van der Waals surface area contributed by atoms with Crippen molar-refractivity contribution in [2.75, 3.05) is 6.61 Å². The summed E-state index contributed by atoms with van der Waals surface area (Å²) in [5.74, 6) is -0.0946. The molecule has 1 heterocycles. The number of aliphatic hydroxyl groups is 1. The van der Waals surface area contributed by atoms with E-state index in [1.165, 1.54) is 6.26 Å². The lowest BCUT2D eigenvalue weighted by atomic mass is 9.88. The van der Waals surface area contributed by atoms with E-state index < -0.39 is 5.79 Å². The van der Waals surface area contributed by atoms with Crippen LogP contribution in [0.2, 0.25) is 0 Å². The normalized spacial score (nSPS) is 27.9. The first-order chi connectivity index (χ1) is 5.85. The van der Waals surface area contributed by atoms with Crippen molar-refractivity contribution in [1.29, 1.82) is 0 Å². The Balaban J connectivity index is 2.53. The molecule has 0 fully saturated rings. The first-order valence-electron chi connectivity index (χ1n) is 4.51. The SMILES string of the molecule is CC(C)(C)CC1(C)OC=C(CO)O1. The maximum atomic E-state index is 8.82. The zero-order valence-electron chi connectivity index (χ0n) is 8.76. The van der Waals surface area contributed by atoms with Crippen molar-refractivity contribution in [3.63, 3.8) is 0 Å². The Morgan fingerprint density at radius 2 is 2.08 bits per heavy atom. The molecule has 0 aromatic heterocycles. The summed E-state index contributed by atoms with van der Waals surface area (Å²) >= 11 is 0. The van der Waals surface area contributed by atoms with Crippen LogP contribution in [0.1, 0.15) is 34.1 Å². The minimum atomic E-state index is -0.601. The highest BCUT2D eigenvalue weighted by molar-refractivity contribution is 4.96. The topological polar surface area (TPSA) is 38.7 Å². The zero-order valence-corrected chi connectivity index (χ0v) is 8.76. The van der Waals surface area contributed by atoms with Gasteiger partial charge in [-0.25, -0.2) is 0 Å². The molecule has 0 spiro atoms. The quantitative estimate of drug-likeness (QED) is 0.717. The molecule has 13 heavy (non-hydrogen) atoms. The Kier molecular flexibility index (Phi) is 2.57. The second-order valence-corrected chi connectivity index (χ2v) is 4.83. The molecule has 1 unspecified atom stereocenters. The van der Waals surface area contributed by atoms with Crippen molar-refractivity contribution in [3.8, 4) is 0 Å². The van der Waals surface area contributed by atoms with E-state index in [1.807, 2.05) is 6.92 Å². The molecule has 1 aliphatic rings. The molecule has 1 rings (SSSR count). The van der Waals surface area contributed by atoms with Gasteiger partial charge >= 0.3 is 0 Å². The maximum absolute atomic E-state index is 8.82. The van der Waals surface area contributed by atoms with Gasteiger partial charge in [-0.15, -0.1) is 0 Å². The predicted molar refractivity (Wildman–Crippen MR) is 49.8 cm³/mol. The smallest absolute Gasteiger partial charge is 0.248 e. The monoisotopic (exact) mass is 186 g/mol. The van der Waals surface area contributed by atoms with E-state index in [4.69, 9.17) is 14.6 Å². The molecule has 0 aromatic carbocycles. The highest BCUT2D eigenvalue weighted by Crippen LogP contribution is 2.35. The molecule has 3 heteroatoms. The second kappa shape index (κ2) is 3.22. The summed E-state index contributed by atoms with van der Waals surface area (Å²) in [6.07, 6.45) is 2.28. The third-order valence-electron chi connectivity index (χ3n) is 1.79. The van der Waals surface area contributed by atoms with Crippen molar-refractivity contribution >= 4 is 0 Å². The first-order valence-corrected chi connectivity index (χ1v) is 4.51. The van der Waals surface area contributed by atoms with Gasteiger partial charge in [-0.05, 0) is 5.41 Å². The van der Waals surface area contributed by atoms with E-state index in [0.29, 0.717) is 5.76 Å². The van der Waals surface area contributed by atoms with Gasteiger partial charge in [-0.2, -0.15) is 0 Å². The van der Waals surface area contributed by atoms with E-state index in [1.54, 1.807) is 0 Å². The van der Waals surface area contributed by atoms with Crippen LogP contribution >= 0.6 is 0 Å². The summed E-state index contributed by atoms with van der Waals surface area (Å²) in [7, 11) is 0. The zero-order chi connectivity index (χ0) is 10.1. The van der Waals surface area contributed by atoms with Crippen molar-refractivity contribution < 1.29 is 14.6 Å². The molecule has 3 nitrogen and oxygen atoms in total. The fourth-order valence-corrected chi connectivity index (χ4v) is 1.63. The average molecular weight is 186 g/mol. The van der Waals surface area contributed by atoms with Gasteiger partial charge in [0.25, 0.3) is 0 Å². The largest absolute Gasteiger partial charge is 0.457 e. The van der Waals surface area contributed by atoms with E-state index in [0.717, 1.165) is 6.42 Å². The molecule has 0 amide bonds. The second-order valence-electron chi connectivity index (χ2n) is 4.83. The highest BCUT2D eigenvalue weighted by Gasteiger charge is 2.37. The third-order valence-corrected chi connectivity index (χ3v) is 1.79. The van der Waals surface area contributed by atoms with E-state index in [-0.39, 0.29) is 12.0 Å². The molecule has 0 saturated carbocycles. The van der Waals surface area contributed by atoms with Crippen LogP contribution in [0.5, 0.6) is 0 Å². The molecule has 0 radical (unpaired) electrons. The molecule has 0 bridgehead atoms. The minimum Gasteiger partial charge on any atom is -0.457 e. The van der Waals surface area contributed by atoms with Gasteiger partial charge < -0.3 is 14.6 Å². The lowest BCUT2D eigenvalue weighted by Crippen LogP contribution is -2.31. The molecule has 76 valence electrons. The lowest BCUT2D eigenvalue weighted by molar-refractivity contribution is -0.156. The fourth-order valence-electron chi connectivity index (χ4n) is 1.63. The van der Waals surface area contributed by atoms with Crippen LogP contribution in [0.25, 0.3) is 0 Å². The third kappa shape index (κ3) is 2.92. The van der Waals surface area contributed by atoms with Crippen LogP contribution < -0.4 is 0 Å². The van der Waals surface area contributed by atoms with Crippen LogP contribution in [0, 0.1) is 5.41 Å². The number of hydrogen-bond donors (Lipinski definition) is 1. The van der Waals surface area contributed by atoms with Crippen LogP contribution in [-0.2, 0) is 9.47 Å². The summed E-state index contributed by atoms with van der Waals surface area (Å²) in [6, 6.07) is 0. The number of aliphatic hydroxyl groups excluding tert-OH is 1. The highest BCUT2D eigenvalue weighted by atomic mass is 16.7. The lowest BCUT2D eigenvalue weighted by Gasteiger charge is -2.30. The molecule has 1 N–H and O–H groups in total. The molecular formula is C10H18O3. The van der Waals surface area contributed by atoms with Gasteiger partial charge in [0.1, 0.15) is 12.9 Å². The summed E-state index contributed by atoms with van der Waals surface area (Å²) in [4.78, 5) is 0. The average Bonchev–Trinajstić information content (AvgIpc) is 2.27. The summed E-state index contributed by atoms with van der Waals surface area (Å²) in [5, 5.41) is 8.82. The van der Waals surface area contributed by atoms with Gasteiger partial charge in [0.2, 0.25) is 5.79 Å². The van der Waals surface area contributed by atoms with Gasteiger partial charge in [0, 0.05) is 13.3 Å². The summed E-state index contributed by atoms with van der Waals surface area (Å²) in [6.45, 7) is 8.17. The Hall–Kier alpha value is -0.700. The molecule has 1 atom stereocenters. The Labute approximate surface area is 79.3 Å². The number of hydrogen-bond acceptors (Lipinski definition) is 3. The first kappa shape index (κ1) is 10.4. The van der Waals surface area contributed by atoms with Crippen LogP contribution in [-0.4, -0.2) is 17.5 Å². The van der Waals surface area contributed by atoms with Crippen molar-refractivity contribution in [2.45, 2.75) is 39.9 Å². The van der Waals surface area contributed by atoms with Gasteiger partial charge in [-0.1, -0.05) is 20.8 Å². The molecule has 1 aliphatic heterocycles. The van der Waals surface area contributed by atoms with Gasteiger partial charge in [0.15, 0.2) is 5.76 Å². The van der Waals surface area contributed by atoms with Crippen LogP contribution in [0.15, 0.2) is 12.0 Å². The van der Waals surface area contributed by atoms with Crippen LogP contribution in [0.3, 0.4) is 0 Å². The maximum Gasteiger partial charge on any atom is 0.248 e.